The molecule has 2 aromatic carbocycles. The minimum atomic E-state index is -1.10. The highest BCUT2D eigenvalue weighted by Crippen LogP contribution is 2.21. The van der Waals surface area contributed by atoms with Gasteiger partial charge in [0.15, 0.2) is 0 Å². The zero-order valence-electron chi connectivity index (χ0n) is 11.9. The number of carbonyl (C=O) groups is 3. The van der Waals surface area contributed by atoms with Crippen LogP contribution in [0.2, 0.25) is 5.02 Å². The Morgan fingerprint density at radius 1 is 1.09 bits per heavy atom. The van der Waals surface area contributed by atoms with Crippen molar-refractivity contribution in [1.29, 1.82) is 0 Å². The molecule has 0 saturated carbocycles. The SMILES string of the molecule is NC(=O)c1ccc(NC(=O)Cc2ccccc2C(=O)O)cc1Cl. The number of primary amides is 1. The van der Waals surface area contributed by atoms with Gasteiger partial charge in [-0.3, -0.25) is 9.59 Å². The van der Waals surface area contributed by atoms with Gasteiger partial charge >= 0.3 is 5.97 Å². The van der Waals surface area contributed by atoms with Crippen molar-refractivity contribution in [2.75, 3.05) is 5.32 Å². The van der Waals surface area contributed by atoms with Gasteiger partial charge in [-0.15, -0.1) is 0 Å². The molecule has 7 heteroatoms. The van der Waals surface area contributed by atoms with Crippen LogP contribution in [0.25, 0.3) is 0 Å². The Morgan fingerprint density at radius 2 is 1.78 bits per heavy atom. The lowest BCUT2D eigenvalue weighted by Gasteiger charge is -2.09. The van der Waals surface area contributed by atoms with E-state index in [0.29, 0.717) is 11.3 Å². The van der Waals surface area contributed by atoms with Gasteiger partial charge in [-0.25, -0.2) is 4.79 Å². The normalized spacial score (nSPS) is 10.1. The second-order valence-corrected chi connectivity index (χ2v) is 5.15. The van der Waals surface area contributed by atoms with Crippen LogP contribution in [0.15, 0.2) is 42.5 Å². The van der Waals surface area contributed by atoms with Crippen molar-refractivity contribution in [3.05, 3.63) is 64.2 Å². The predicted octanol–water partition coefficient (Wildman–Crippen LogP) is 2.32. The monoisotopic (exact) mass is 332 g/mol. The van der Waals surface area contributed by atoms with Gasteiger partial charge in [0.25, 0.3) is 0 Å². The van der Waals surface area contributed by atoms with Gasteiger partial charge in [-0.1, -0.05) is 29.8 Å². The van der Waals surface area contributed by atoms with Crippen LogP contribution in [0.1, 0.15) is 26.3 Å². The van der Waals surface area contributed by atoms with E-state index >= 15 is 0 Å². The minimum absolute atomic E-state index is 0.0739. The molecule has 2 rings (SSSR count). The molecule has 0 radical (unpaired) electrons. The summed E-state index contributed by atoms with van der Waals surface area (Å²) in [5.41, 5.74) is 6.16. The van der Waals surface area contributed by atoms with Crippen LogP contribution >= 0.6 is 11.6 Å². The van der Waals surface area contributed by atoms with Crippen LogP contribution in [0.5, 0.6) is 0 Å². The second kappa shape index (κ2) is 6.93. The first-order chi connectivity index (χ1) is 10.9. The smallest absolute Gasteiger partial charge is 0.335 e. The third kappa shape index (κ3) is 4.08. The van der Waals surface area contributed by atoms with E-state index in [9.17, 15) is 14.4 Å². The standard InChI is InChI=1S/C16H13ClN2O4/c17-13-8-10(5-6-12(13)15(18)21)19-14(20)7-9-3-1-2-4-11(9)16(22)23/h1-6,8H,7H2,(H2,18,21)(H,19,20)(H,22,23). The molecule has 0 aliphatic rings. The second-order valence-electron chi connectivity index (χ2n) is 4.75. The summed E-state index contributed by atoms with van der Waals surface area (Å²) in [5.74, 6) is -2.16. The predicted molar refractivity (Wildman–Crippen MR) is 85.7 cm³/mol. The number of benzene rings is 2. The molecule has 0 bridgehead atoms. The molecular formula is C16H13ClN2O4. The average Bonchev–Trinajstić information content (AvgIpc) is 2.47. The maximum atomic E-state index is 12.0. The first-order valence-corrected chi connectivity index (χ1v) is 6.96. The lowest BCUT2D eigenvalue weighted by molar-refractivity contribution is -0.115. The van der Waals surface area contributed by atoms with Crippen LogP contribution in [-0.4, -0.2) is 22.9 Å². The first-order valence-electron chi connectivity index (χ1n) is 6.59. The summed E-state index contributed by atoms with van der Waals surface area (Å²) in [6.45, 7) is 0. The average molecular weight is 333 g/mol. The third-order valence-electron chi connectivity index (χ3n) is 3.12. The number of hydrogen-bond acceptors (Lipinski definition) is 3. The molecule has 4 N–H and O–H groups in total. The van der Waals surface area contributed by atoms with Gasteiger partial charge in [0.05, 0.1) is 22.6 Å². The number of rotatable bonds is 5. The van der Waals surface area contributed by atoms with Gasteiger partial charge in [0, 0.05) is 5.69 Å². The maximum absolute atomic E-state index is 12.0. The van der Waals surface area contributed by atoms with Crippen LogP contribution in [0.4, 0.5) is 5.69 Å². The van der Waals surface area contributed by atoms with Crippen molar-refractivity contribution in [3.8, 4) is 0 Å². The Kier molecular flexibility index (Phi) is 4.98. The molecule has 0 unspecified atom stereocenters. The number of halogens is 1. The molecule has 23 heavy (non-hydrogen) atoms. The largest absolute Gasteiger partial charge is 0.478 e. The molecule has 2 aromatic rings. The van der Waals surface area contributed by atoms with Gasteiger partial charge in [-0.05, 0) is 29.8 Å². The molecule has 2 amide bonds. The van der Waals surface area contributed by atoms with E-state index in [1.165, 1.54) is 24.3 Å². The number of carboxylic acid groups (broad SMARTS) is 1. The van der Waals surface area contributed by atoms with Crippen molar-refractivity contribution in [2.24, 2.45) is 5.73 Å². The molecule has 0 saturated heterocycles. The Bertz CT molecular complexity index is 789. The molecule has 0 fully saturated rings. The number of anilines is 1. The quantitative estimate of drug-likeness (QED) is 0.780. The van der Waals surface area contributed by atoms with Crippen LogP contribution in [-0.2, 0) is 11.2 Å². The van der Waals surface area contributed by atoms with Gasteiger partial charge in [-0.2, -0.15) is 0 Å². The van der Waals surface area contributed by atoms with E-state index in [0.717, 1.165) is 0 Å². The summed E-state index contributed by atoms with van der Waals surface area (Å²) in [5, 5.41) is 11.8. The maximum Gasteiger partial charge on any atom is 0.335 e. The van der Waals surface area contributed by atoms with Gasteiger partial charge < -0.3 is 16.2 Å². The molecule has 0 atom stereocenters. The van der Waals surface area contributed by atoms with E-state index in [1.54, 1.807) is 18.2 Å². The van der Waals surface area contributed by atoms with Crippen molar-refractivity contribution in [3.63, 3.8) is 0 Å². The Labute approximate surface area is 136 Å². The van der Waals surface area contributed by atoms with Crippen molar-refractivity contribution in [1.82, 2.24) is 0 Å². The Hall–Kier alpha value is -2.86. The van der Waals surface area contributed by atoms with Crippen LogP contribution in [0, 0.1) is 0 Å². The summed E-state index contributed by atoms with van der Waals surface area (Å²) < 4.78 is 0. The highest BCUT2D eigenvalue weighted by molar-refractivity contribution is 6.34. The van der Waals surface area contributed by atoms with Crippen LogP contribution in [0.3, 0.4) is 0 Å². The summed E-state index contributed by atoms with van der Waals surface area (Å²) in [6.07, 6.45) is -0.0995. The Morgan fingerprint density at radius 3 is 2.39 bits per heavy atom. The number of carboxylic acids is 1. The van der Waals surface area contributed by atoms with Gasteiger partial charge in [0.1, 0.15) is 0 Å². The molecule has 0 heterocycles. The minimum Gasteiger partial charge on any atom is -0.478 e. The van der Waals surface area contributed by atoms with Crippen molar-refractivity contribution < 1.29 is 19.5 Å². The number of hydrogen-bond donors (Lipinski definition) is 3. The highest BCUT2D eigenvalue weighted by atomic mass is 35.5. The van der Waals surface area contributed by atoms with E-state index < -0.39 is 17.8 Å². The highest BCUT2D eigenvalue weighted by Gasteiger charge is 2.13. The number of nitrogens with two attached hydrogens (primary N) is 1. The molecule has 0 aliphatic carbocycles. The fourth-order valence-corrected chi connectivity index (χ4v) is 2.33. The lowest BCUT2D eigenvalue weighted by atomic mass is 10.0. The summed E-state index contributed by atoms with van der Waals surface area (Å²) in [7, 11) is 0. The fourth-order valence-electron chi connectivity index (χ4n) is 2.05. The summed E-state index contributed by atoms with van der Waals surface area (Å²) in [4.78, 5) is 34.3. The zero-order chi connectivity index (χ0) is 17.0. The van der Waals surface area contributed by atoms with E-state index in [4.69, 9.17) is 22.4 Å². The summed E-state index contributed by atoms with van der Waals surface area (Å²) >= 11 is 5.90. The van der Waals surface area contributed by atoms with Crippen molar-refractivity contribution in [2.45, 2.75) is 6.42 Å². The molecule has 6 nitrogen and oxygen atoms in total. The molecule has 0 spiro atoms. The van der Waals surface area contributed by atoms with E-state index in [-0.39, 0.29) is 22.6 Å². The fraction of sp³-hybridized carbons (Fsp3) is 0.0625. The lowest BCUT2D eigenvalue weighted by Crippen LogP contribution is -2.17. The number of aromatic carboxylic acids is 1. The molecular weight excluding hydrogens is 320 g/mol. The molecule has 0 aromatic heterocycles. The molecule has 118 valence electrons. The Balaban J connectivity index is 2.13. The zero-order valence-corrected chi connectivity index (χ0v) is 12.6. The first kappa shape index (κ1) is 16.5. The number of amides is 2. The van der Waals surface area contributed by atoms with Gasteiger partial charge in [0.2, 0.25) is 11.8 Å². The third-order valence-corrected chi connectivity index (χ3v) is 3.43. The van der Waals surface area contributed by atoms with E-state index in [2.05, 4.69) is 5.32 Å². The van der Waals surface area contributed by atoms with Crippen LogP contribution < -0.4 is 11.1 Å². The number of carbonyl (C=O) groups excluding carboxylic acids is 2. The number of nitrogens with one attached hydrogen (secondary N) is 1. The van der Waals surface area contributed by atoms with E-state index in [1.807, 2.05) is 0 Å². The van der Waals surface area contributed by atoms with Crippen molar-refractivity contribution >= 4 is 35.1 Å². The molecule has 0 aliphatic heterocycles. The topological polar surface area (TPSA) is 109 Å². The summed E-state index contributed by atoms with van der Waals surface area (Å²) in [6, 6.07) is 10.6.